The number of sulfone groups is 1. The van der Waals surface area contributed by atoms with Gasteiger partial charge in [0.05, 0.1) is 11.2 Å². The summed E-state index contributed by atoms with van der Waals surface area (Å²) in [4.78, 5) is 23.7. The molecule has 0 atom stereocenters. The molecule has 3 aromatic rings. The zero-order valence-corrected chi connectivity index (χ0v) is 21.1. The highest BCUT2D eigenvalue weighted by molar-refractivity contribution is 7.92. The molecule has 0 bridgehead atoms. The normalized spacial score (nSPS) is 20.2. The van der Waals surface area contributed by atoms with Gasteiger partial charge in [-0.2, -0.15) is 0 Å². The number of carbonyl (C=O) groups excluding carboxylic acids is 1. The van der Waals surface area contributed by atoms with Crippen molar-refractivity contribution in [2.24, 2.45) is 5.92 Å². The second-order valence-electron chi connectivity index (χ2n) is 9.02. The molecule has 0 spiro atoms. The van der Waals surface area contributed by atoms with E-state index in [1.54, 1.807) is 0 Å². The summed E-state index contributed by atoms with van der Waals surface area (Å²) in [6.45, 7) is 0. The number of furan rings is 1. The van der Waals surface area contributed by atoms with Crippen LogP contribution in [0.5, 0.6) is 0 Å². The molecular weight excluding hydrogens is 526 g/mol. The van der Waals surface area contributed by atoms with Gasteiger partial charge in [-0.1, -0.05) is 11.6 Å². The molecular formula is C27H23ClF2O6S. The maximum Gasteiger partial charge on any atom is 0.328 e. The third-order valence-electron chi connectivity index (χ3n) is 6.80. The summed E-state index contributed by atoms with van der Waals surface area (Å²) >= 11 is 5.92. The quantitative estimate of drug-likeness (QED) is 0.257. The second kappa shape index (κ2) is 10.6. The number of hydrogen-bond acceptors (Lipinski definition) is 5. The van der Waals surface area contributed by atoms with E-state index in [9.17, 15) is 22.4 Å². The van der Waals surface area contributed by atoms with Crippen LogP contribution in [0.4, 0.5) is 8.78 Å². The molecule has 1 aromatic heterocycles. The zero-order valence-electron chi connectivity index (χ0n) is 19.5. The molecule has 194 valence electrons. The largest absolute Gasteiger partial charge is 0.478 e. The minimum Gasteiger partial charge on any atom is -0.478 e. The summed E-state index contributed by atoms with van der Waals surface area (Å²) in [5, 5.41) is 9.17. The monoisotopic (exact) mass is 548 g/mol. The molecule has 1 aliphatic carbocycles. The molecule has 0 saturated heterocycles. The first-order valence-electron chi connectivity index (χ1n) is 11.5. The predicted molar refractivity (Wildman–Crippen MR) is 133 cm³/mol. The number of carbonyl (C=O) groups is 2. The van der Waals surface area contributed by atoms with Crippen LogP contribution in [0.2, 0.25) is 5.02 Å². The van der Waals surface area contributed by atoms with Gasteiger partial charge in [0.15, 0.2) is 21.4 Å². The summed E-state index contributed by atoms with van der Waals surface area (Å²) < 4.78 is 60.5. The fourth-order valence-corrected chi connectivity index (χ4v) is 7.20. The van der Waals surface area contributed by atoms with Crippen molar-refractivity contribution in [1.82, 2.24) is 0 Å². The molecule has 1 fully saturated rings. The average Bonchev–Trinajstić information content (AvgIpc) is 3.34. The van der Waals surface area contributed by atoms with E-state index in [-0.39, 0.29) is 60.0 Å². The van der Waals surface area contributed by atoms with E-state index >= 15 is 4.39 Å². The Hall–Kier alpha value is -3.30. The van der Waals surface area contributed by atoms with Crippen molar-refractivity contribution >= 4 is 39.3 Å². The number of aliphatic carboxylic acids is 1. The first kappa shape index (κ1) is 26.8. The van der Waals surface area contributed by atoms with Crippen LogP contribution < -0.4 is 0 Å². The van der Waals surface area contributed by atoms with Gasteiger partial charge in [-0.05, 0) is 86.2 Å². The molecule has 6 nitrogen and oxygen atoms in total. The lowest BCUT2D eigenvalue weighted by Crippen LogP contribution is -2.41. The maximum atomic E-state index is 15.0. The minimum atomic E-state index is -4.18. The van der Waals surface area contributed by atoms with E-state index in [4.69, 9.17) is 21.1 Å². The summed E-state index contributed by atoms with van der Waals surface area (Å²) in [7, 11) is -4.18. The standard InChI is InChI=1S/C27H23ClF2O6S/c28-19-2-5-21(6-3-19)37(34,35)27(22-16-20(29)4-7-23(22)30)12-9-17(10-13-27)15-24(31)26-18(11-14-36-26)1-8-25(32)33/h1-8,11,14,16-17H,9-10,12-13,15H2,(H,32,33)/b8-1+. The van der Waals surface area contributed by atoms with Crippen molar-refractivity contribution in [2.45, 2.75) is 41.7 Å². The number of carboxylic acid groups (broad SMARTS) is 1. The Bertz CT molecular complexity index is 1450. The van der Waals surface area contributed by atoms with Gasteiger partial charge in [-0.25, -0.2) is 22.0 Å². The number of hydrogen-bond donors (Lipinski definition) is 1. The SMILES string of the molecule is O=C(O)/C=C/c1ccoc1C(=O)CC1CCC(c2cc(F)ccc2F)(S(=O)(=O)c2ccc(Cl)cc2)CC1. The van der Waals surface area contributed by atoms with Crippen molar-refractivity contribution in [3.8, 4) is 0 Å². The van der Waals surface area contributed by atoms with Gasteiger partial charge >= 0.3 is 5.97 Å². The van der Waals surface area contributed by atoms with Crippen molar-refractivity contribution < 1.29 is 36.3 Å². The van der Waals surface area contributed by atoms with Gasteiger partial charge in [-0.3, -0.25) is 4.79 Å². The minimum absolute atomic E-state index is 0.0132. The van der Waals surface area contributed by atoms with Gasteiger partial charge in [0.25, 0.3) is 0 Å². The van der Waals surface area contributed by atoms with Crippen LogP contribution >= 0.6 is 11.6 Å². The van der Waals surface area contributed by atoms with Gasteiger partial charge in [0, 0.05) is 28.6 Å². The Labute approximate surface area is 217 Å². The highest BCUT2D eigenvalue weighted by Crippen LogP contribution is 2.50. The summed E-state index contributed by atoms with van der Waals surface area (Å²) in [5.41, 5.74) is 0.0871. The van der Waals surface area contributed by atoms with Crippen LogP contribution in [0.3, 0.4) is 0 Å². The molecule has 0 amide bonds. The molecule has 1 saturated carbocycles. The Morgan fingerprint density at radius 2 is 1.76 bits per heavy atom. The molecule has 2 aromatic carbocycles. The lowest BCUT2D eigenvalue weighted by atomic mass is 9.76. The van der Waals surface area contributed by atoms with Gasteiger partial charge in [0.1, 0.15) is 16.4 Å². The maximum absolute atomic E-state index is 15.0. The molecule has 0 unspecified atom stereocenters. The highest BCUT2D eigenvalue weighted by Gasteiger charge is 2.50. The molecule has 10 heteroatoms. The van der Waals surface area contributed by atoms with Gasteiger partial charge < -0.3 is 9.52 Å². The summed E-state index contributed by atoms with van der Waals surface area (Å²) in [6, 6.07) is 9.79. The van der Waals surface area contributed by atoms with E-state index in [2.05, 4.69) is 0 Å². The number of rotatable bonds is 8. The first-order valence-corrected chi connectivity index (χ1v) is 13.4. The number of carboxylic acids is 1. The Kier molecular flexibility index (Phi) is 7.66. The van der Waals surface area contributed by atoms with E-state index in [1.807, 2.05) is 0 Å². The summed E-state index contributed by atoms with van der Waals surface area (Å²) in [5.74, 6) is -3.32. The van der Waals surface area contributed by atoms with Crippen molar-refractivity contribution in [2.75, 3.05) is 0 Å². The van der Waals surface area contributed by atoms with Crippen molar-refractivity contribution in [1.29, 1.82) is 0 Å². The van der Waals surface area contributed by atoms with Crippen LogP contribution in [-0.2, 0) is 19.4 Å². The number of benzene rings is 2. The molecule has 0 radical (unpaired) electrons. The second-order valence-corrected chi connectivity index (χ2v) is 11.7. The van der Waals surface area contributed by atoms with Crippen molar-refractivity contribution in [3.05, 3.63) is 94.4 Å². The Balaban J connectivity index is 1.62. The van der Waals surface area contributed by atoms with E-state index in [0.717, 1.165) is 24.3 Å². The number of Topliss-reactive ketones (excluding diaryl/α,β-unsaturated/α-hetero) is 1. The van der Waals surface area contributed by atoms with Crippen molar-refractivity contribution in [3.63, 3.8) is 0 Å². The van der Waals surface area contributed by atoms with Crippen LogP contribution in [-0.4, -0.2) is 25.3 Å². The topological polar surface area (TPSA) is 102 Å². The third kappa shape index (κ3) is 5.38. The fourth-order valence-electron chi connectivity index (χ4n) is 4.91. The molecule has 1 aliphatic rings. The molecule has 1 heterocycles. The number of halogens is 3. The van der Waals surface area contributed by atoms with Gasteiger partial charge in [-0.15, -0.1) is 0 Å². The number of ketones is 1. The third-order valence-corrected chi connectivity index (χ3v) is 9.60. The predicted octanol–water partition coefficient (Wildman–Crippen LogP) is 6.44. The van der Waals surface area contributed by atoms with E-state index in [0.29, 0.717) is 10.6 Å². The lowest BCUT2D eigenvalue weighted by molar-refractivity contribution is -0.131. The van der Waals surface area contributed by atoms with Crippen LogP contribution in [0.25, 0.3) is 6.08 Å². The smallest absolute Gasteiger partial charge is 0.328 e. The molecule has 1 N–H and O–H groups in total. The highest BCUT2D eigenvalue weighted by atomic mass is 35.5. The summed E-state index contributed by atoms with van der Waals surface area (Å²) in [6.07, 6.45) is 3.93. The zero-order chi connectivity index (χ0) is 26.8. The fraction of sp³-hybridized carbons (Fsp3) is 0.259. The first-order chi connectivity index (χ1) is 17.5. The Morgan fingerprint density at radius 1 is 1.08 bits per heavy atom. The van der Waals surface area contributed by atoms with Crippen LogP contribution in [0, 0.1) is 17.6 Å². The van der Waals surface area contributed by atoms with Crippen LogP contribution in [0.1, 0.15) is 53.8 Å². The Morgan fingerprint density at radius 3 is 2.41 bits per heavy atom. The van der Waals surface area contributed by atoms with Gasteiger partial charge in [0.2, 0.25) is 0 Å². The molecule has 37 heavy (non-hydrogen) atoms. The van der Waals surface area contributed by atoms with Crippen LogP contribution in [0.15, 0.2) is 70.2 Å². The van der Waals surface area contributed by atoms with E-state index in [1.165, 1.54) is 42.7 Å². The molecule has 0 aliphatic heterocycles. The van der Waals surface area contributed by atoms with E-state index < -0.39 is 32.2 Å². The lowest BCUT2D eigenvalue weighted by Gasteiger charge is -2.40. The average molecular weight is 549 g/mol. The molecule has 4 rings (SSSR count).